The van der Waals surface area contributed by atoms with Gasteiger partial charge in [-0.25, -0.2) is 9.97 Å². The fraction of sp³-hybridized carbons (Fsp3) is 0.643. The first-order valence-electron chi connectivity index (χ1n) is 6.79. The van der Waals surface area contributed by atoms with Crippen molar-refractivity contribution in [2.45, 2.75) is 55.5 Å². The third-order valence-electron chi connectivity index (χ3n) is 3.57. The lowest BCUT2D eigenvalue weighted by Gasteiger charge is -2.34. The number of hydrogen-bond acceptors (Lipinski definition) is 6. The standard InChI is InChI=1S/C14H21N3O2S/c1-9-7-10(2)17-13(16-9)20-11-5-4-6-14(15,8-11)12(18)19-3/h7,11H,4-6,8,15H2,1-3H3. The molecule has 1 aromatic heterocycles. The molecular formula is C14H21N3O2S. The summed E-state index contributed by atoms with van der Waals surface area (Å²) >= 11 is 1.61. The van der Waals surface area contributed by atoms with Crippen molar-refractivity contribution in [1.29, 1.82) is 0 Å². The Hall–Kier alpha value is -1.14. The molecule has 0 aromatic carbocycles. The summed E-state index contributed by atoms with van der Waals surface area (Å²) in [5, 5.41) is 1.02. The highest BCUT2D eigenvalue weighted by Crippen LogP contribution is 2.36. The smallest absolute Gasteiger partial charge is 0.325 e. The minimum atomic E-state index is -0.858. The Morgan fingerprint density at radius 3 is 2.70 bits per heavy atom. The molecule has 5 nitrogen and oxygen atoms in total. The Balaban J connectivity index is 2.08. The molecule has 2 atom stereocenters. The first kappa shape index (κ1) is 15.3. The Kier molecular flexibility index (Phi) is 4.65. The van der Waals surface area contributed by atoms with E-state index in [2.05, 4.69) is 9.97 Å². The van der Waals surface area contributed by atoms with E-state index in [1.165, 1.54) is 7.11 Å². The van der Waals surface area contributed by atoms with Crippen LogP contribution in [0.3, 0.4) is 0 Å². The van der Waals surface area contributed by atoms with Crippen LogP contribution in [0.25, 0.3) is 0 Å². The van der Waals surface area contributed by atoms with Crippen LogP contribution in [-0.2, 0) is 9.53 Å². The SMILES string of the molecule is COC(=O)C1(N)CCCC(Sc2nc(C)cc(C)n2)C1. The molecule has 1 heterocycles. The summed E-state index contributed by atoms with van der Waals surface area (Å²) in [5.74, 6) is -0.316. The van der Waals surface area contributed by atoms with Crippen LogP contribution in [-0.4, -0.2) is 33.8 Å². The number of thioether (sulfide) groups is 1. The maximum absolute atomic E-state index is 11.8. The van der Waals surface area contributed by atoms with Gasteiger partial charge in [0, 0.05) is 16.6 Å². The van der Waals surface area contributed by atoms with E-state index in [9.17, 15) is 4.79 Å². The molecule has 0 bridgehead atoms. The molecule has 1 saturated carbocycles. The normalized spacial score (nSPS) is 26.3. The van der Waals surface area contributed by atoms with Gasteiger partial charge in [-0.2, -0.15) is 0 Å². The number of rotatable bonds is 3. The lowest BCUT2D eigenvalue weighted by molar-refractivity contribution is -0.148. The first-order chi connectivity index (χ1) is 9.43. The lowest BCUT2D eigenvalue weighted by atomic mass is 9.82. The minimum absolute atomic E-state index is 0.258. The zero-order valence-corrected chi connectivity index (χ0v) is 13.0. The third-order valence-corrected chi connectivity index (χ3v) is 4.70. The van der Waals surface area contributed by atoms with E-state index < -0.39 is 5.54 Å². The lowest BCUT2D eigenvalue weighted by Crippen LogP contribution is -2.52. The summed E-state index contributed by atoms with van der Waals surface area (Å²) < 4.78 is 4.83. The third kappa shape index (κ3) is 3.49. The Bertz CT molecular complexity index is 489. The second-order valence-electron chi connectivity index (χ2n) is 5.42. The van der Waals surface area contributed by atoms with Gasteiger partial charge in [0.2, 0.25) is 0 Å². The number of methoxy groups -OCH3 is 1. The van der Waals surface area contributed by atoms with Crippen molar-refractivity contribution in [2.75, 3.05) is 7.11 Å². The average molecular weight is 295 g/mol. The van der Waals surface area contributed by atoms with Crippen molar-refractivity contribution < 1.29 is 9.53 Å². The Morgan fingerprint density at radius 2 is 2.10 bits per heavy atom. The summed E-state index contributed by atoms with van der Waals surface area (Å²) in [5.41, 5.74) is 7.25. The van der Waals surface area contributed by atoms with Gasteiger partial charge in [-0.1, -0.05) is 11.8 Å². The number of ether oxygens (including phenoxy) is 1. The van der Waals surface area contributed by atoms with E-state index in [1.54, 1.807) is 11.8 Å². The van der Waals surface area contributed by atoms with Crippen molar-refractivity contribution in [3.63, 3.8) is 0 Å². The van der Waals surface area contributed by atoms with Crippen LogP contribution >= 0.6 is 11.8 Å². The molecule has 2 unspecified atom stereocenters. The molecule has 1 aliphatic carbocycles. The molecule has 110 valence electrons. The summed E-state index contributed by atoms with van der Waals surface area (Å²) in [6.07, 6.45) is 3.25. The molecule has 0 spiro atoms. The number of hydrogen-bond donors (Lipinski definition) is 1. The van der Waals surface area contributed by atoms with E-state index in [4.69, 9.17) is 10.5 Å². The van der Waals surface area contributed by atoms with Crippen LogP contribution in [0.4, 0.5) is 0 Å². The molecule has 0 amide bonds. The highest BCUT2D eigenvalue weighted by molar-refractivity contribution is 7.99. The number of carbonyl (C=O) groups excluding carboxylic acids is 1. The van der Waals surface area contributed by atoms with E-state index >= 15 is 0 Å². The molecule has 6 heteroatoms. The van der Waals surface area contributed by atoms with Crippen LogP contribution in [0.2, 0.25) is 0 Å². The average Bonchev–Trinajstić information content (AvgIpc) is 2.36. The second kappa shape index (κ2) is 6.10. The molecule has 1 aliphatic rings. The molecule has 0 aliphatic heterocycles. The molecule has 1 aromatic rings. The fourth-order valence-corrected chi connectivity index (χ4v) is 4.00. The molecule has 20 heavy (non-hydrogen) atoms. The Morgan fingerprint density at radius 1 is 1.45 bits per heavy atom. The maximum Gasteiger partial charge on any atom is 0.325 e. The first-order valence-corrected chi connectivity index (χ1v) is 7.67. The predicted molar refractivity (Wildman–Crippen MR) is 78.6 cm³/mol. The molecule has 1 fully saturated rings. The summed E-state index contributed by atoms with van der Waals surface area (Å²) in [4.78, 5) is 20.7. The molecule has 0 radical (unpaired) electrons. The van der Waals surface area contributed by atoms with E-state index in [1.807, 2.05) is 19.9 Å². The van der Waals surface area contributed by atoms with Crippen LogP contribution in [0, 0.1) is 13.8 Å². The Labute approximate surface area is 123 Å². The maximum atomic E-state index is 11.8. The number of esters is 1. The van der Waals surface area contributed by atoms with Crippen LogP contribution in [0.1, 0.15) is 37.1 Å². The van der Waals surface area contributed by atoms with Gasteiger partial charge in [-0.3, -0.25) is 4.79 Å². The van der Waals surface area contributed by atoms with Crippen molar-refractivity contribution in [1.82, 2.24) is 9.97 Å². The van der Waals surface area contributed by atoms with Gasteiger partial charge in [-0.05, 0) is 45.6 Å². The topological polar surface area (TPSA) is 78.1 Å². The van der Waals surface area contributed by atoms with Crippen molar-refractivity contribution in [3.05, 3.63) is 17.5 Å². The number of aromatic nitrogens is 2. The summed E-state index contributed by atoms with van der Waals surface area (Å²) in [6.45, 7) is 3.92. The highest BCUT2D eigenvalue weighted by Gasteiger charge is 2.40. The van der Waals surface area contributed by atoms with Crippen LogP contribution < -0.4 is 5.73 Å². The summed E-state index contributed by atoms with van der Waals surface area (Å²) in [6, 6.07) is 1.95. The second-order valence-corrected chi connectivity index (χ2v) is 6.68. The molecule has 0 saturated heterocycles. The van der Waals surface area contributed by atoms with Crippen molar-refractivity contribution in [2.24, 2.45) is 5.73 Å². The largest absolute Gasteiger partial charge is 0.468 e. The van der Waals surface area contributed by atoms with Crippen LogP contribution in [0.15, 0.2) is 11.2 Å². The molecule has 2 N–H and O–H groups in total. The minimum Gasteiger partial charge on any atom is -0.468 e. The summed E-state index contributed by atoms with van der Waals surface area (Å²) in [7, 11) is 1.39. The number of nitrogens with two attached hydrogens (primary N) is 1. The van der Waals surface area contributed by atoms with Gasteiger partial charge in [-0.15, -0.1) is 0 Å². The van der Waals surface area contributed by atoms with E-state index in [0.29, 0.717) is 12.8 Å². The van der Waals surface area contributed by atoms with E-state index in [0.717, 1.165) is 29.4 Å². The van der Waals surface area contributed by atoms with Crippen LogP contribution in [0.5, 0.6) is 0 Å². The van der Waals surface area contributed by atoms with Gasteiger partial charge in [0.15, 0.2) is 5.16 Å². The monoisotopic (exact) mass is 295 g/mol. The van der Waals surface area contributed by atoms with Crippen molar-refractivity contribution >= 4 is 17.7 Å². The molecule has 2 rings (SSSR count). The molecular weight excluding hydrogens is 274 g/mol. The van der Waals surface area contributed by atoms with Crippen molar-refractivity contribution in [3.8, 4) is 0 Å². The fourth-order valence-electron chi connectivity index (χ4n) is 2.64. The zero-order chi connectivity index (χ0) is 14.8. The van der Waals surface area contributed by atoms with Gasteiger partial charge >= 0.3 is 5.97 Å². The quantitative estimate of drug-likeness (QED) is 0.679. The van der Waals surface area contributed by atoms with Gasteiger partial charge in [0.05, 0.1) is 7.11 Å². The van der Waals surface area contributed by atoms with Gasteiger partial charge in [0.1, 0.15) is 5.54 Å². The number of nitrogens with zero attached hydrogens (tertiary/aromatic N) is 2. The number of carbonyl (C=O) groups is 1. The highest BCUT2D eigenvalue weighted by atomic mass is 32.2. The van der Waals surface area contributed by atoms with Gasteiger partial charge < -0.3 is 10.5 Å². The van der Waals surface area contributed by atoms with Gasteiger partial charge in [0.25, 0.3) is 0 Å². The predicted octanol–water partition coefficient (Wildman–Crippen LogP) is 2.00. The van der Waals surface area contributed by atoms with E-state index in [-0.39, 0.29) is 11.2 Å². The zero-order valence-electron chi connectivity index (χ0n) is 12.2. The number of aryl methyl sites for hydroxylation is 2.